The van der Waals surface area contributed by atoms with Crippen molar-refractivity contribution in [1.82, 2.24) is 0 Å². The van der Waals surface area contributed by atoms with E-state index in [4.69, 9.17) is 0 Å². The number of rotatable bonds is 3. The summed E-state index contributed by atoms with van der Waals surface area (Å²) in [5, 5.41) is 0. The van der Waals surface area contributed by atoms with E-state index in [1.165, 1.54) is 0 Å². The van der Waals surface area contributed by atoms with Gasteiger partial charge in [0.15, 0.2) is 0 Å². The van der Waals surface area contributed by atoms with E-state index in [0.717, 1.165) is 0 Å². The Morgan fingerprint density at radius 1 is 1.38 bits per heavy atom. The molecule has 50 valence electrons. The van der Waals surface area contributed by atoms with Crippen LogP contribution in [0.5, 0.6) is 0 Å². The van der Waals surface area contributed by atoms with E-state index < -0.39 is 20.9 Å². The Balaban J connectivity index is 3.76. The summed E-state index contributed by atoms with van der Waals surface area (Å²) in [6.07, 6.45) is 0. The van der Waals surface area contributed by atoms with Gasteiger partial charge in [0.2, 0.25) is 14.9 Å². The summed E-state index contributed by atoms with van der Waals surface area (Å²) in [7, 11) is -3.83. The molecule has 0 rings (SSSR count). The van der Waals surface area contributed by atoms with Crippen LogP contribution in [0.25, 0.3) is 0 Å². The first-order chi connectivity index (χ1) is 3.62. The van der Waals surface area contributed by atoms with Crippen molar-refractivity contribution in [2.75, 3.05) is 12.0 Å². The van der Waals surface area contributed by atoms with Gasteiger partial charge in [-0.2, -0.15) is 0 Å². The molecule has 0 spiro atoms. The molecule has 6 heteroatoms. The minimum Gasteiger partial charge on any atom is -0.238 e. The van der Waals surface area contributed by atoms with Crippen molar-refractivity contribution in [1.29, 1.82) is 0 Å². The third-order valence-electron chi connectivity index (χ3n) is 0.358. The summed E-state index contributed by atoms with van der Waals surface area (Å²) in [6.45, 7) is 0. The lowest BCUT2D eigenvalue weighted by molar-refractivity contribution is 0.545. The Morgan fingerprint density at radius 2 is 1.88 bits per heavy atom. The van der Waals surface area contributed by atoms with Gasteiger partial charge in [0, 0.05) is 10.8 Å². The summed E-state index contributed by atoms with van der Waals surface area (Å²) < 4.78 is 42.2. The van der Waals surface area contributed by atoms with E-state index in [9.17, 15) is 17.2 Å². The Labute approximate surface area is 49.6 Å². The highest BCUT2D eigenvalue weighted by Crippen LogP contribution is 2.12. The molecule has 0 atom stereocenters. The molecule has 0 aliphatic heterocycles. The van der Waals surface area contributed by atoms with Crippen LogP contribution in [0.4, 0.5) is 8.78 Å². The third-order valence-corrected chi connectivity index (χ3v) is 2.69. The van der Waals surface area contributed by atoms with Gasteiger partial charge in [-0.1, -0.05) is 0 Å². The minimum atomic E-state index is -3.79. The van der Waals surface area contributed by atoms with Crippen molar-refractivity contribution in [2.24, 2.45) is 0 Å². The van der Waals surface area contributed by atoms with E-state index in [2.05, 4.69) is 0 Å². The highest BCUT2D eigenvalue weighted by molar-refractivity contribution is 8.71. The van der Waals surface area contributed by atoms with E-state index in [1.807, 2.05) is 0 Å². The maximum absolute atomic E-state index is 11.2. The summed E-state index contributed by atoms with van der Waals surface area (Å²) in [5.41, 5.74) is 0. The van der Waals surface area contributed by atoms with Gasteiger partial charge in [0.1, 0.15) is 6.01 Å². The molecular weight excluding hydrogens is 158 g/mol. The van der Waals surface area contributed by atoms with Crippen LogP contribution in [0.1, 0.15) is 0 Å². The molecule has 0 aromatic carbocycles. The van der Waals surface area contributed by atoms with Crippen LogP contribution in [0, 0.1) is 0 Å². The van der Waals surface area contributed by atoms with Gasteiger partial charge in [0.25, 0.3) is 0 Å². The summed E-state index contributed by atoms with van der Waals surface area (Å²) >= 11 is 0. The predicted octanol–water partition coefficient (Wildman–Crippen LogP) is 0.903. The fraction of sp³-hybridized carbons (Fsp3) is 1.00. The maximum atomic E-state index is 11.2. The molecular formula is C2H4F2O2S2. The van der Waals surface area contributed by atoms with Gasteiger partial charge in [0.05, 0.1) is 0 Å². The predicted molar refractivity (Wildman–Crippen MR) is 28.5 cm³/mol. The molecule has 0 bridgehead atoms. The van der Waals surface area contributed by atoms with Crippen LogP contribution in [0.15, 0.2) is 0 Å². The van der Waals surface area contributed by atoms with Gasteiger partial charge >= 0.3 is 0 Å². The summed E-state index contributed by atoms with van der Waals surface area (Å²) in [4.78, 5) is 0. The molecule has 2 nitrogen and oxygen atoms in total. The van der Waals surface area contributed by atoms with E-state index in [-0.39, 0.29) is 10.8 Å². The van der Waals surface area contributed by atoms with Crippen molar-refractivity contribution < 1.29 is 17.2 Å². The van der Waals surface area contributed by atoms with Gasteiger partial charge in [-0.05, 0) is 0 Å². The molecule has 0 aliphatic rings. The molecule has 8 heavy (non-hydrogen) atoms. The molecule has 0 radical (unpaired) electrons. The fourth-order valence-corrected chi connectivity index (χ4v) is 0.894. The molecule has 0 aromatic rings. The lowest BCUT2D eigenvalue weighted by Crippen LogP contribution is -1.94. The summed E-state index contributed by atoms with van der Waals surface area (Å²) in [5.74, 6) is 0. The van der Waals surface area contributed by atoms with Crippen LogP contribution in [0.2, 0.25) is 0 Å². The minimum absolute atomic E-state index is 0.0359. The molecule has 0 N–H and O–H groups in total. The standard InChI is InChI=1S/C2H4F2O2S2/c3-1-7-8(5,6)2-4/h1-2H2. The lowest BCUT2D eigenvalue weighted by Gasteiger charge is -1.88. The van der Waals surface area contributed by atoms with Crippen molar-refractivity contribution >= 4 is 19.7 Å². The monoisotopic (exact) mass is 162 g/mol. The first-order valence-electron chi connectivity index (χ1n) is 1.61. The fourth-order valence-electron chi connectivity index (χ4n) is 0.0994. The smallest absolute Gasteiger partial charge is 0.233 e. The number of hydrogen-bond acceptors (Lipinski definition) is 3. The molecule has 0 aromatic heterocycles. The zero-order valence-electron chi connectivity index (χ0n) is 3.80. The van der Waals surface area contributed by atoms with Crippen LogP contribution in [-0.4, -0.2) is 20.4 Å². The Morgan fingerprint density at radius 3 is 2.00 bits per heavy atom. The second kappa shape index (κ2) is 3.24. The molecule has 0 saturated carbocycles. The largest absolute Gasteiger partial charge is 0.238 e. The molecule has 0 saturated heterocycles. The molecule has 0 heterocycles. The normalized spacial score (nSPS) is 11.8. The maximum Gasteiger partial charge on any atom is 0.233 e. The Kier molecular flexibility index (Phi) is 3.30. The second-order valence-electron chi connectivity index (χ2n) is 0.894. The van der Waals surface area contributed by atoms with Gasteiger partial charge in [-0.25, -0.2) is 17.2 Å². The molecule has 0 aliphatic carbocycles. The van der Waals surface area contributed by atoms with Crippen LogP contribution in [0.3, 0.4) is 0 Å². The van der Waals surface area contributed by atoms with Crippen LogP contribution < -0.4 is 0 Å². The zero-order chi connectivity index (χ0) is 6.62. The molecule has 0 fully saturated rings. The Bertz CT molecular complexity index is 140. The zero-order valence-corrected chi connectivity index (χ0v) is 5.44. The van der Waals surface area contributed by atoms with E-state index >= 15 is 0 Å². The Hall–Kier alpha value is 0.160. The van der Waals surface area contributed by atoms with Crippen molar-refractivity contribution in [2.45, 2.75) is 0 Å². The average molecular weight is 162 g/mol. The summed E-state index contributed by atoms with van der Waals surface area (Å²) in [6, 6.07) is -2.59. The molecule has 0 unspecified atom stereocenters. The first kappa shape index (κ1) is 8.16. The number of alkyl halides is 2. The van der Waals surface area contributed by atoms with E-state index in [0.29, 0.717) is 0 Å². The third kappa shape index (κ3) is 3.20. The van der Waals surface area contributed by atoms with Gasteiger partial charge in [-0.15, -0.1) is 0 Å². The average Bonchev–Trinajstić information content (AvgIpc) is 1.67. The van der Waals surface area contributed by atoms with Crippen molar-refractivity contribution in [3.8, 4) is 0 Å². The number of hydrogen-bond donors (Lipinski definition) is 0. The number of halogens is 2. The second-order valence-corrected chi connectivity index (χ2v) is 4.91. The first-order valence-corrected chi connectivity index (χ1v) is 4.77. The highest BCUT2D eigenvalue weighted by Gasteiger charge is 2.08. The topological polar surface area (TPSA) is 34.1 Å². The lowest BCUT2D eigenvalue weighted by atomic mass is 11.8. The SMILES string of the molecule is O=S(=O)(CF)SCF. The van der Waals surface area contributed by atoms with Crippen molar-refractivity contribution in [3.63, 3.8) is 0 Å². The van der Waals surface area contributed by atoms with Gasteiger partial charge < -0.3 is 0 Å². The highest BCUT2D eigenvalue weighted by atomic mass is 33.1. The van der Waals surface area contributed by atoms with E-state index in [1.54, 1.807) is 0 Å². The molecule has 0 amide bonds. The quantitative estimate of drug-likeness (QED) is 0.578. The van der Waals surface area contributed by atoms with Crippen molar-refractivity contribution in [3.05, 3.63) is 0 Å². The van der Waals surface area contributed by atoms with Crippen LogP contribution in [-0.2, 0) is 8.87 Å². The van der Waals surface area contributed by atoms with Crippen LogP contribution >= 0.6 is 10.8 Å². The van der Waals surface area contributed by atoms with Gasteiger partial charge in [-0.3, -0.25) is 0 Å².